The first-order valence-electron chi connectivity index (χ1n) is 5.62. The summed E-state index contributed by atoms with van der Waals surface area (Å²) >= 11 is 0. The molecule has 1 aromatic carbocycles. The van der Waals surface area contributed by atoms with Crippen molar-refractivity contribution in [2.45, 2.75) is 24.7 Å². The van der Waals surface area contributed by atoms with Crippen LogP contribution in [0.25, 0.3) is 0 Å². The molecule has 0 heterocycles. The van der Waals surface area contributed by atoms with E-state index in [2.05, 4.69) is 6.07 Å². The van der Waals surface area contributed by atoms with E-state index in [1.54, 1.807) is 20.3 Å². The predicted octanol–water partition coefficient (Wildman–Crippen LogP) is 2.42. The van der Waals surface area contributed by atoms with Crippen LogP contribution in [-0.4, -0.2) is 24.2 Å². The van der Waals surface area contributed by atoms with Gasteiger partial charge in [0.2, 0.25) is 0 Å². The zero-order valence-electron chi connectivity index (χ0n) is 10.9. The van der Waals surface area contributed by atoms with Crippen molar-refractivity contribution >= 4 is 10.8 Å². The van der Waals surface area contributed by atoms with Crippen LogP contribution in [0.1, 0.15) is 18.4 Å². The summed E-state index contributed by atoms with van der Waals surface area (Å²) in [6.45, 7) is 1.89. The summed E-state index contributed by atoms with van der Waals surface area (Å²) in [5.74, 6) is 1.70. The fourth-order valence-electron chi connectivity index (χ4n) is 1.60. The van der Waals surface area contributed by atoms with E-state index in [1.807, 2.05) is 13.0 Å². The maximum absolute atomic E-state index is 12.1. The number of hydrogen-bond donors (Lipinski definition) is 0. The number of hydrogen-bond acceptors (Lipinski definition) is 4. The number of rotatable bonds is 6. The van der Waals surface area contributed by atoms with Crippen molar-refractivity contribution in [3.8, 4) is 17.6 Å². The third-order valence-electron chi connectivity index (χ3n) is 2.54. The van der Waals surface area contributed by atoms with Crippen molar-refractivity contribution in [1.29, 1.82) is 5.26 Å². The summed E-state index contributed by atoms with van der Waals surface area (Å²) in [6.07, 6.45) is 1.06. The van der Waals surface area contributed by atoms with Crippen LogP contribution < -0.4 is 9.47 Å². The molecular weight excluding hydrogens is 250 g/mol. The van der Waals surface area contributed by atoms with Gasteiger partial charge in [-0.15, -0.1) is 0 Å². The lowest BCUT2D eigenvalue weighted by Crippen LogP contribution is -2.02. The predicted molar refractivity (Wildman–Crippen MR) is 70.4 cm³/mol. The fourth-order valence-corrected chi connectivity index (χ4v) is 2.88. The van der Waals surface area contributed by atoms with E-state index in [0.717, 1.165) is 10.5 Å². The van der Waals surface area contributed by atoms with Gasteiger partial charge in [0, 0.05) is 23.1 Å². The largest absolute Gasteiger partial charge is 0.493 e. The van der Waals surface area contributed by atoms with Crippen molar-refractivity contribution < 1.29 is 13.7 Å². The van der Waals surface area contributed by atoms with Gasteiger partial charge in [0.15, 0.2) is 11.5 Å². The first kappa shape index (κ1) is 14.5. The van der Waals surface area contributed by atoms with Gasteiger partial charge < -0.3 is 9.47 Å². The van der Waals surface area contributed by atoms with E-state index in [-0.39, 0.29) is 0 Å². The third-order valence-corrected chi connectivity index (χ3v) is 4.13. The van der Waals surface area contributed by atoms with Gasteiger partial charge in [0.1, 0.15) is 0 Å². The smallest absolute Gasteiger partial charge is 0.161 e. The maximum Gasteiger partial charge on any atom is 0.161 e. The molecule has 0 amide bonds. The monoisotopic (exact) mass is 267 g/mol. The molecule has 1 atom stereocenters. The summed E-state index contributed by atoms with van der Waals surface area (Å²) in [4.78, 5) is 0.741. The lowest BCUT2D eigenvalue weighted by Gasteiger charge is -2.12. The van der Waals surface area contributed by atoms with Gasteiger partial charge in [-0.3, -0.25) is 4.21 Å². The SMILES string of the molecule is COc1cc(C)c(S(=O)CCCC#N)cc1OC. The average molecular weight is 267 g/mol. The second kappa shape index (κ2) is 7.02. The van der Waals surface area contributed by atoms with E-state index in [9.17, 15) is 4.21 Å². The summed E-state index contributed by atoms with van der Waals surface area (Å²) in [7, 11) is 2.02. The molecule has 0 spiro atoms. The Morgan fingerprint density at radius 1 is 1.28 bits per heavy atom. The van der Waals surface area contributed by atoms with Crippen molar-refractivity contribution in [3.63, 3.8) is 0 Å². The second-order valence-electron chi connectivity index (χ2n) is 3.78. The Bertz CT molecular complexity index is 480. The van der Waals surface area contributed by atoms with Crippen molar-refractivity contribution in [2.75, 3.05) is 20.0 Å². The van der Waals surface area contributed by atoms with Gasteiger partial charge in [0.25, 0.3) is 0 Å². The molecule has 0 bridgehead atoms. The van der Waals surface area contributed by atoms with Crippen molar-refractivity contribution in [1.82, 2.24) is 0 Å². The molecule has 1 rings (SSSR count). The first-order chi connectivity index (χ1) is 8.63. The third kappa shape index (κ3) is 3.47. The molecule has 1 unspecified atom stereocenters. The quantitative estimate of drug-likeness (QED) is 0.743. The molecular formula is C13H17NO3S. The molecule has 4 nitrogen and oxygen atoms in total. The fraction of sp³-hybridized carbons (Fsp3) is 0.462. The van der Waals surface area contributed by atoms with E-state index >= 15 is 0 Å². The molecule has 0 saturated carbocycles. The standard InChI is InChI=1S/C13H17NO3S/c1-10-8-11(16-2)12(17-3)9-13(10)18(15)7-5-4-6-14/h8-9H,4-5,7H2,1-3H3. The molecule has 0 aliphatic carbocycles. The molecule has 0 fully saturated rings. The molecule has 5 heteroatoms. The highest BCUT2D eigenvalue weighted by molar-refractivity contribution is 7.85. The molecule has 0 saturated heterocycles. The Morgan fingerprint density at radius 3 is 2.44 bits per heavy atom. The highest BCUT2D eigenvalue weighted by Gasteiger charge is 2.13. The summed E-state index contributed by atoms with van der Waals surface area (Å²) < 4.78 is 22.5. The van der Waals surface area contributed by atoms with Crippen molar-refractivity contribution in [3.05, 3.63) is 17.7 Å². The van der Waals surface area contributed by atoms with Crippen LogP contribution in [-0.2, 0) is 10.8 Å². The highest BCUT2D eigenvalue weighted by atomic mass is 32.2. The molecule has 0 radical (unpaired) electrons. The summed E-state index contributed by atoms with van der Waals surface area (Å²) in [6, 6.07) is 5.61. The van der Waals surface area contributed by atoms with Gasteiger partial charge in [-0.1, -0.05) is 0 Å². The zero-order valence-corrected chi connectivity index (χ0v) is 11.7. The summed E-state index contributed by atoms with van der Waals surface area (Å²) in [5.41, 5.74) is 0.906. The van der Waals surface area contributed by atoms with E-state index in [1.165, 1.54) is 0 Å². The number of nitrogens with zero attached hydrogens (tertiary/aromatic N) is 1. The Kier molecular flexibility index (Phi) is 5.66. The number of unbranched alkanes of at least 4 members (excludes halogenated alkanes) is 1. The highest BCUT2D eigenvalue weighted by Crippen LogP contribution is 2.31. The molecule has 1 aromatic rings. The molecule has 98 valence electrons. The van der Waals surface area contributed by atoms with Gasteiger partial charge >= 0.3 is 0 Å². The van der Waals surface area contributed by atoms with Crippen LogP contribution in [0.2, 0.25) is 0 Å². The van der Waals surface area contributed by atoms with Crippen LogP contribution in [0.3, 0.4) is 0 Å². The van der Waals surface area contributed by atoms with E-state index in [4.69, 9.17) is 14.7 Å². The lowest BCUT2D eigenvalue weighted by molar-refractivity contribution is 0.353. The maximum atomic E-state index is 12.1. The van der Waals surface area contributed by atoms with E-state index < -0.39 is 10.8 Å². The number of benzene rings is 1. The normalized spacial score (nSPS) is 11.7. The number of ether oxygens (including phenoxy) is 2. The van der Waals surface area contributed by atoms with Gasteiger partial charge in [0.05, 0.1) is 31.1 Å². The van der Waals surface area contributed by atoms with Crippen molar-refractivity contribution in [2.24, 2.45) is 0 Å². The Balaban J connectivity index is 2.95. The van der Waals surface area contributed by atoms with Crippen LogP contribution in [0.5, 0.6) is 11.5 Å². The average Bonchev–Trinajstić information content (AvgIpc) is 2.38. The lowest BCUT2D eigenvalue weighted by atomic mass is 10.2. The van der Waals surface area contributed by atoms with Crippen LogP contribution in [0, 0.1) is 18.3 Å². The minimum Gasteiger partial charge on any atom is -0.493 e. The Hall–Kier alpha value is -1.54. The molecule has 18 heavy (non-hydrogen) atoms. The Labute approximate surface area is 110 Å². The Morgan fingerprint density at radius 2 is 1.89 bits per heavy atom. The van der Waals surface area contributed by atoms with E-state index in [0.29, 0.717) is 30.1 Å². The van der Waals surface area contributed by atoms with Gasteiger partial charge in [-0.25, -0.2) is 0 Å². The van der Waals surface area contributed by atoms with Gasteiger partial charge in [-0.05, 0) is 25.0 Å². The van der Waals surface area contributed by atoms with Gasteiger partial charge in [-0.2, -0.15) is 5.26 Å². The second-order valence-corrected chi connectivity index (χ2v) is 5.32. The number of nitriles is 1. The molecule has 0 aromatic heterocycles. The molecule has 0 aliphatic heterocycles. The summed E-state index contributed by atoms with van der Waals surface area (Å²) in [5, 5.41) is 8.47. The van der Waals surface area contributed by atoms with Crippen LogP contribution >= 0.6 is 0 Å². The van der Waals surface area contributed by atoms with Crippen LogP contribution in [0.15, 0.2) is 17.0 Å². The number of aryl methyl sites for hydroxylation is 1. The molecule has 0 N–H and O–H groups in total. The van der Waals surface area contributed by atoms with Crippen LogP contribution in [0.4, 0.5) is 0 Å². The zero-order chi connectivity index (χ0) is 13.5. The number of methoxy groups -OCH3 is 2. The first-order valence-corrected chi connectivity index (χ1v) is 6.94. The topological polar surface area (TPSA) is 59.3 Å². The minimum absolute atomic E-state index is 0.429. The minimum atomic E-state index is -1.11. The molecule has 0 aliphatic rings.